The van der Waals surface area contributed by atoms with Crippen molar-refractivity contribution in [1.82, 2.24) is 0 Å². The summed E-state index contributed by atoms with van der Waals surface area (Å²) < 4.78 is 0. The van der Waals surface area contributed by atoms with E-state index in [-0.39, 0.29) is 0 Å². The van der Waals surface area contributed by atoms with Crippen LogP contribution in [-0.2, 0) is 4.79 Å². The molecule has 0 aliphatic rings. The molecule has 1 nitrogen and oxygen atoms in total. The van der Waals surface area contributed by atoms with E-state index >= 15 is 0 Å². The Hall–Kier alpha value is -0.110. The lowest BCUT2D eigenvalue weighted by Crippen LogP contribution is -1.65. The van der Waals surface area contributed by atoms with Gasteiger partial charge >= 0.3 is 0 Å². The number of hydrogen-bond donors (Lipinski definition) is 0. The van der Waals surface area contributed by atoms with Crippen LogP contribution in [-0.4, -0.2) is 11.6 Å². The molecule has 0 saturated carbocycles. The Bertz CT molecular complexity index is 68.5. The summed E-state index contributed by atoms with van der Waals surface area (Å²) in [6, 6.07) is 0. The molecule has 0 unspecified atom stereocenters. The second-order valence-corrected chi connectivity index (χ2v) is 1.83. The van der Waals surface area contributed by atoms with Crippen molar-refractivity contribution in [3.05, 3.63) is 12.2 Å². The minimum atomic E-state index is 0.780. The summed E-state index contributed by atoms with van der Waals surface area (Å²) in [5.74, 6) is 0. The quantitative estimate of drug-likeness (QED) is 0.350. The summed E-state index contributed by atoms with van der Waals surface area (Å²) in [4.78, 5) is 9.58. The van der Waals surface area contributed by atoms with Crippen molar-refractivity contribution in [1.29, 1.82) is 0 Å². The second-order valence-electron chi connectivity index (χ2n) is 1.04. The standard InChI is InChI=1S/C5H7BrO/c6-4-2-1-3-5-7/h1,3,5H,2,4H2/b3-1+. The zero-order chi connectivity index (χ0) is 5.54. The third-order valence-corrected chi connectivity index (χ3v) is 0.948. The summed E-state index contributed by atoms with van der Waals surface area (Å²) in [6.07, 6.45) is 5.03. The molecule has 40 valence electrons. The Morgan fingerprint density at radius 1 is 1.57 bits per heavy atom. The van der Waals surface area contributed by atoms with Gasteiger partial charge in [-0.15, -0.1) is 0 Å². The average Bonchev–Trinajstić information content (AvgIpc) is 1.69. The Morgan fingerprint density at radius 2 is 2.29 bits per heavy atom. The number of carbonyl (C=O) groups excluding carboxylic acids is 1. The first-order valence-corrected chi connectivity index (χ1v) is 3.20. The van der Waals surface area contributed by atoms with Gasteiger partial charge in [-0.3, -0.25) is 4.79 Å². The lowest BCUT2D eigenvalue weighted by atomic mass is 10.4. The first-order valence-electron chi connectivity index (χ1n) is 2.08. The highest BCUT2D eigenvalue weighted by Crippen LogP contribution is 1.86. The van der Waals surface area contributed by atoms with Gasteiger partial charge in [0.1, 0.15) is 6.29 Å². The highest BCUT2D eigenvalue weighted by atomic mass is 79.9. The van der Waals surface area contributed by atoms with Crippen molar-refractivity contribution in [2.45, 2.75) is 6.42 Å². The molecule has 0 aliphatic heterocycles. The van der Waals surface area contributed by atoms with E-state index < -0.39 is 0 Å². The molecule has 0 aromatic rings. The zero-order valence-electron chi connectivity index (χ0n) is 3.93. The number of halogens is 1. The van der Waals surface area contributed by atoms with E-state index in [0.29, 0.717) is 0 Å². The van der Waals surface area contributed by atoms with Crippen LogP contribution in [0.1, 0.15) is 6.42 Å². The van der Waals surface area contributed by atoms with Crippen molar-refractivity contribution in [3.8, 4) is 0 Å². The maximum atomic E-state index is 9.58. The third kappa shape index (κ3) is 5.89. The van der Waals surface area contributed by atoms with E-state index in [1.54, 1.807) is 0 Å². The van der Waals surface area contributed by atoms with E-state index in [9.17, 15) is 4.79 Å². The van der Waals surface area contributed by atoms with Crippen LogP contribution in [0.5, 0.6) is 0 Å². The summed E-state index contributed by atoms with van der Waals surface area (Å²) in [6.45, 7) is 0. The largest absolute Gasteiger partial charge is 0.299 e. The molecule has 0 aromatic carbocycles. The molecular weight excluding hydrogens is 156 g/mol. The number of carbonyl (C=O) groups is 1. The fraction of sp³-hybridized carbons (Fsp3) is 0.400. The van der Waals surface area contributed by atoms with Crippen molar-refractivity contribution < 1.29 is 4.79 Å². The molecular formula is C5H7BrO. The van der Waals surface area contributed by atoms with Crippen molar-refractivity contribution >= 4 is 22.2 Å². The van der Waals surface area contributed by atoms with Crippen LogP contribution in [0.3, 0.4) is 0 Å². The highest BCUT2D eigenvalue weighted by Gasteiger charge is 1.69. The maximum Gasteiger partial charge on any atom is 0.142 e. The van der Waals surface area contributed by atoms with Gasteiger partial charge in [0.25, 0.3) is 0 Å². The minimum absolute atomic E-state index is 0.780. The molecule has 7 heavy (non-hydrogen) atoms. The van der Waals surface area contributed by atoms with Crippen LogP contribution in [0, 0.1) is 0 Å². The van der Waals surface area contributed by atoms with Crippen LogP contribution < -0.4 is 0 Å². The molecule has 0 fully saturated rings. The molecule has 0 radical (unpaired) electrons. The molecule has 0 amide bonds. The zero-order valence-corrected chi connectivity index (χ0v) is 5.52. The Labute approximate surface area is 51.5 Å². The molecule has 0 N–H and O–H groups in total. The summed E-state index contributed by atoms with van der Waals surface area (Å²) >= 11 is 3.21. The summed E-state index contributed by atoms with van der Waals surface area (Å²) in [5, 5.41) is 0.928. The SMILES string of the molecule is O=C/C=C/CCBr. The predicted molar refractivity (Wildman–Crippen MR) is 33.6 cm³/mol. The molecule has 0 heterocycles. The molecule has 2 heteroatoms. The highest BCUT2D eigenvalue weighted by molar-refractivity contribution is 9.09. The first kappa shape index (κ1) is 6.89. The van der Waals surface area contributed by atoms with Crippen LogP contribution in [0.2, 0.25) is 0 Å². The van der Waals surface area contributed by atoms with E-state index in [1.807, 2.05) is 6.08 Å². The van der Waals surface area contributed by atoms with Gasteiger partial charge in [0.05, 0.1) is 0 Å². The van der Waals surface area contributed by atoms with E-state index in [1.165, 1.54) is 6.08 Å². The lowest BCUT2D eigenvalue weighted by Gasteiger charge is -1.74. The van der Waals surface area contributed by atoms with Gasteiger partial charge in [0.2, 0.25) is 0 Å². The van der Waals surface area contributed by atoms with E-state index in [2.05, 4.69) is 15.9 Å². The van der Waals surface area contributed by atoms with Gasteiger partial charge in [0, 0.05) is 5.33 Å². The van der Waals surface area contributed by atoms with E-state index in [0.717, 1.165) is 18.0 Å². The number of hydrogen-bond acceptors (Lipinski definition) is 1. The third-order valence-electron chi connectivity index (χ3n) is 0.490. The Kier molecular flexibility index (Phi) is 5.80. The van der Waals surface area contributed by atoms with Crippen molar-refractivity contribution in [2.75, 3.05) is 5.33 Å². The van der Waals surface area contributed by atoms with Crippen LogP contribution in [0.25, 0.3) is 0 Å². The molecule has 0 bridgehead atoms. The maximum absolute atomic E-state index is 9.58. The molecule has 0 aliphatic carbocycles. The first-order chi connectivity index (χ1) is 3.41. The number of rotatable bonds is 3. The van der Waals surface area contributed by atoms with E-state index in [4.69, 9.17) is 0 Å². The van der Waals surface area contributed by atoms with Crippen molar-refractivity contribution in [3.63, 3.8) is 0 Å². The molecule has 0 atom stereocenters. The smallest absolute Gasteiger partial charge is 0.142 e. The molecule has 0 saturated heterocycles. The Balaban J connectivity index is 2.92. The van der Waals surface area contributed by atoms with Gasteiger partial charge < -0.3 is 0 Å². The summed E-state index contributed by atoms with van der Waals surface area (Å²) in [5.41, 5.74) is 0. The minimum Gasteiger partial charge on any atom is -0.299 e. The summed E-state index contributed by atoms with van der Waals surface area (Å²) in [7, 11) is 0. The fourth-order valence-electron chi connectivity index (χ4n) is 0.215. The average molecular weight is 163 g/mol. The Morgan fingerprint density at radius 3 is 2.71 bits per heavy atom. The van der Waals surface area contributed by atoms with Crippen LogP contribution >= 0.6 is 15.9 Å². The fourth-order valence-corrected chi connectivity index (χ4v) is 0.479. The second kappa shape index (κ2) is 5.89. The van der Waals surface area contributed by atoms with Crippen molar-refractivity contribution in [2.24, 2.45) is 0 Å². The van der Waals surface area contributed by atoms with Gasteiger partial charge in [-0.2, -0.15) is 0 Å². The van der Waals surface area contributed by atoms with Gasteiger partial charge in [-0.1, -0.05) is 22.0 Å². The normalized spacial score (nSPS) is 9.86. The molecule has 0 spiro atoms. The lowest BCUT2D eigenvalue weighted by molar-refractivity contribution is -0.104. The van der Waals surface area contributed by atoms with Gasteiger partial charge in [-0.05, 0) is 12.5 Å². The van der Waals surface area contributed by atoms with Gasteiger partial charge in [-0.25, -0.2) is 0 Å². The number of allylic oxidation sites excluding steroid dienone is 2. The predicted octanol–water partition coefficient (Wildman–Crippen LogP) is 1.53. The number of alkyl halides is 1. The van der Waals surface area contributed by atoms with Gasteiger partial charge in [0.15, 0.2) is 0 Å². The monoisotopic (exact) mass is 162 g/mol. The number of aldehydes is 1. The molecule has 0 aromatic heterocycles. The van der Waals surface area contributed by atoms with Crippen LogP contribution in [0.4, 0.5) is 0 Å². The van der Waals surface area contributed by atoms with Crippen LogP contribution in [0.15, 0.2) is 12.2 Å². The topological polar surface area (TPSA) is 17.1 Å². The molecule has 0 rings (SSSR count).